The SMILES string of the molecule is CC(N)C(c1cccs1)N1CC(CO)OCC1C. The molecular weight excluding hydrogens is 248 g/mol. The van der Waals surface area contributed by atoms with Crippen LogP contribution in [0.4, 0.5) is 0 Å². The molecule has 1 aliphatic rings. The Bertz CT molecular complexity index is 356. The molecule has 0 radical (unpaired) electrons. The van der Waals surface area contributed by atoms with Gasteiger partial charge in [0.05, 0.1) is 25.4 Å². The van der Waals surface area contributed by atoms with Crippen molar-refractivity contribution < 1.29 is 9.84 Å². The van der Waals surface area contributed by atoms with Gasteiger partial charge in [0.25, 0.3) is 0 Å². The summed E-state index contributed by atoms with van der Waals surface area (Å²) in [6.45, 7) is 5.65. The van der Waals surface area contributed by atoms with E-state index in [4.69, 9.17) is 10.5 Å². The van der Waals surface area contributed by atoms with Crippen LogP contribution in [0.3, 0.4) is 0 Å². The maximum Gasteiger partial charge on any atom is 0.0933 e. The third kappa shape index (κ3) is 2.92. The van der Waals surface area contributed by atoms with Crippen LogP contribution in [0.2, 0.25) is 0 Å². The molecule has 0 amide bonds. The Labute approximate surface area is 112 Å². The van der Waals surface area contributed by atoms with Crippen LogP contribution in [0, 0.1) is 0 Å². The molecule has 2 rings (SSSR count). The molecule has 102 valence electrons. The molecule has 18 heavy (non-hydrogen) atoms. The van der Waals surface area contributed by atoms with Crippen molar-refractivity contribution in [1.29, 1.82) is 0 Å². The van der Waals surface area contributed by atoms with Gasteiger partial charge in [-0.3, -0.25) is 4.90 Å². The highest BCUT2D eigenvalue weighted by molar-refractivity contribution is 7.10. The van der Waals surface area contributed by atoms with E-state index in [1.807, 2.05) is 6.92 Å². The maximum absolute atomic E-state index is 9.27. The van der Waals surface area contributed by atoms with Crippen LogP contribution >= 0.6 is 11.3 Å². The molecule has 0 bridgehead atoms. The fraction of sp³-hybridized carbons (Fsp3) is 0.692. The number of morpholine rings is 1. The van der Waals surface area contributed by atoms with Crippen LogP contribution in [0.5, 0.6) is 0 Å². The molecule has 0 aromatic carbocycles. The quantitative estimate of drug-likeness (QED) is 0.863. The van der Waals surface area contributed by atoms with Gasteiger partial charge in [-0.2, -0.15) is 0 Å². The van der Waals surface area contributed by atoms with Gasteiger partial charge in [-0.15, -0.1) is 11.3 Å². The fourth-order valence-corrected chi connectivity index (χ4v) is 3.48. The van der Waals surface area contributed by atoms with Crippen molar-refractivity contribution in [3.05, 3.63) is 22.4 Å². The number of aliphatic hydroxyl groups excluding tert-OH is 1. The van der Waals surface area contributed by atoms with Crippen molar-refractivity contribution in [3.8, 4) is 0 Å². The highest BCUT2D eigenvalue weighted by Gasteiger charge is 2.34. The summed E-state index contributed by atoms with van der Waals surface area (Å²) < 4.78 is 5.59. The topological polar surface area (TPSA) is 58.7 Å². The first kappa shape index (κ1) is 14.0. The Kier molecular flexibility index (Phi) is 4.75. The Hall–Kier alpha value is -0.460. The summed E-state index contributed by atoms with van der Waals surface area (Å²) in [6, 6.07) is 4.78. The van der Waals surface area contributed by atoms with E-state index < -0.39 is 0 Å². The number of nitrogens with zero attached hydrogens (tertiary/aromatic N) is 1. The molecule has 1 aromatic rings. The van der Waals surface area contributed by atoms with E-state index in [-0.39, 0.29) is 24.8 Å². The summed E-state index contributed by atoms with van der Waals surface area (Å²) >= 11 is 1.74. The highest BCUT2D eigenvalue weighted by atomic mass is 32.1. The van der Waals surface area contributed by atoms with E-state index >= 15 is 0 Å². The van der Waals surface area contributed by atoms with Crippen molar-refractivity contribution in [2.75, 3.05) is 19.8 Å². The predicted molar refractivity (Wildman–Crippen MR) is 73.7 cm³/mol. The average molecular weight is 270 g/mol. The number of ether oxygens (including phenoxy) is 1. The van der Waals surface area contributed by atoms with E-state index in [0.717, 1.165) is 6.54 Å². The minimum Gasteiger partial charge on any atom is -0.394 e. The molecule has 2 heterocycles. The summed E-state index contributed by atoms with van der Waals surface area (Å²) in [5.74, 6) is 0. The Balaban J connectivity index is 2.19. The summed E-state index contributed by atoms with van der Waals surface area (Å²) in [4.78, 5) is 3.65. The number of aliphatic hydroxyl groups is 1. The second-order valence-electron chi connectivity index (χ2n) is 5.00. The van der Waals surface area contributed by atoms with E-state index in [1.165, 1.54) is 4.88 Å². The van der Waals surface area contributed by atoms with Gasteiger partial charge in [0.15, 0.2) is 0 Å². The molecule has 3 N–H and O–H groups in total. The zero-order chi connectivity index (χ0) is 13.1. The van der Waals surface area contributed by atoms with Crippen molar-refractivity contribution in [3.63, 3.8) is 0 Å². The maximum atomic E-state index is 9.27. The van der Waals surface area contributed by atoms with Gasteiger partial charge in [-0.05, 0) is 25.3 Å². The molecule has 1 fully saturated rings. The minimum absolute atomic E-state index is 0.0588. The van der Waals surface area contributed by atoms with E-state index in [2.05, 4.69) is 29.3 Å². The Morgan fingerprint density at radius 3 is 3.00 bits per heavy atom. The van der Waals surface area contributed by atoms with Crippen LogP contribution < -0.4 is 5.73 Å². The first-order valence-electron chi connectivity index (χ1n) is 6.40. The first-order chi connectivity index (χ1) is 8.63. The van der Waals surface area contributed by atoms with Gasteiger partial charge >= 0.3 is 0 Å². The molecule has 4 unspecified atom stereocenters. The fourth-order valence-electron chi connectivity index (χ4n) is 2.52. The molecule has 1 aliphatic heterocycles. The molecule has 4 atom stereocenters. The standard InChI is InChI=1S/C13H22N2O2S/c1-9-8-17-11(7-16)6-15(9)13(10(2)14)12-4-3-5-18-12/h3-5,9-11,13,16H,6-8,14H2,1-2H3. The second kappa shape index (κ2) is 6.12. The number of hydrogen-bond acceptors (Lipinski definition) is 5. The lowest BCUT2D eigenvalue weighted by atomic mass is 10.0. The third-order valence-corrected chi connectivity index (χ3v) is 4.39. The zero-order valence-electron chi connectivity index (χ0n) is 11.0. The molecule has 1 saturated heterocycles. The van der Waals surface area contributed by atoms with Crippen LogP contribution in [0.15, 0.2) is 17.5 Å². The van der Waals surface area contributed by atoms with E-state index in [9.17, 15) is 5.11 Å². The van der Waals surface area contributed by atoms with Crippen LogP contribution in [-0.2, 0) is 4.74 Å². The van der Waals surface area contributed by atoms with Crippen molar-refractivity contribution in [2.24, 2.45) is 5.73 Å². The number of nitrogens with two attached hydrogens (primary N) is 1. The van der Waals surface area contributed by atoms with Crippen molar-refractivity contribution in [2.45, 2.75) is 38.1 Å². The second-order valence-corrected chi connectivity index (χ2v) is 5.98. The number of hydrogen-bond donors (Lipinski definition) is 2. The summed E-state index contributed by atoms with van der Waals surface area (Å²) in [7, 11) is 0. The average Bonchev–Trinajstić information content (AvgIpc) is 2.85. The van der Waals surface area contributed by atoms with Crippen LogP contribution in [0.1, 0.15) is 24.8 Å². The predicted octanol–water partition coefficient (Wildman–Crippen LogP) is 1.22. The van der Waals surface area contributed by atoms with Gasteiger partial charge in [0.2, 0.25) is 0 Å². The van der Waals surface area contributed by atoms with Gasteiger partial charge in [0, 0.05) is 23.5 Å². The normalized spacial score (nSPS) is 29.1. The van der Waals surface area contributed by atoms with Crippen LogP contribution in [0.25, 0.3) is 0 Å². The lowest BCUT2D eigenvalue weighted by Gasteiger charge is -2.43. The summed E-state index contributed by atoms with van der Waals surface area (Å²) in [6.07, 6.45) is -0.0950. The van der Waals surface area contributed by atoms with Gasteiger partial charge in [-0.1, -0.05) is 6.07 Å². The van der Waals surface area contributed by atoms with Crippen molar-refractivity contribution >= 4 is 11.3 Å². The van der Waals surface area contributed by atoms with Crippen molar-refractivity contribution in [1.82, 2.24) is 4.90 Å². The van der Waals surface area contributed by atoms with E-state index in [1.54, 1.807) is 11.3 Å². The minimum atomic E-state index is -0.0950. The highest BCUT2D eigenvalue weighted by Crippen LogP contribution is 2.31. The van der Waals surface area contributed by atoms with E-state index in [0.29, 0.717) is 12.6 Å². The third-order valence-electron chi connectivity index (χ3n) is 3.45. The largest absolute Gasteiger partial charge is 0.394 e. The monoisotopic (exact) mass is 270 g/mol. The smallest absolute Gasteiger partial charge is 0.0933 e. The zero-order valence-corrected chi connectivity index (χ0v) is 11.8. The van der Waals surface area contributed by atoms with Gasteiger partial charge in [-0.25, -0.2) is 0 Å². The Morgan fingerprint density at radius 1 is 1.67 bits per heavy atom. The van der Waals surface area contributed by atoms with Gasteiger partial charge in [0.1, 0.15) is 0 Å². The lowest BCUT2D eigenvalue weighted by Crippen LogP contribution is -2.53. The molecule has 4 nitrogen and oxygen atoms in total. The molecule has 1 aromatic heterocycles. The summed E-state index contributed by atoms with van der Waals surface area (Å²) in [5, 5.41) is 11.3. The first-order valence-corrected chi connectivity index (χ1v) is 7.28. The lowest BCUT2D eigenvalue weighted by molar-refractivity contribution is -0.0936. The molecular formula is C13H22N2O2S. The molecule has 5 heteroatoms. The number of rotatable bonds is 4. The van der Waals surface area contributed by atoms with Gasteiger partial charge < -0.3 is 15.6 Å². The molecule has 0 spiro atoms. The summed E-state index contributed by atoms with van der Waals surface area (Å²) in [5.41, 5.74) is 6.17. The molecule has 0 aliphatic carbocycles. The Morgan fingerprint density at radius 2 is 2.44 bits per heavy atom. The van der Waals surface area contributed by atoms with Crippen LogP contribution in [-0.4, -0.2) is 48.0 Å². The molecule has 0 saturated carbocycles. The number of thiophene rings is 1.